The van der Waals surface area contributed by atoms with Crippen molar-refractivity contribution in [3.05, 3.63) is 34.9 Å². The van der Waals surface area contributed by atoms with Crippen LogP contribution < -0.4 is 15.2 Å². The van der Waals surface area contributed by atoms with Gasteiger partial charge in [-0.25, -0.2) is 9.67 Å². The highest BCUT2D eigenvalue weighted by Gasteiger charge is 2.13. The van der Waals surface area contributed by atoms with Crippen LogP contribution >= 0.6 is 11.6 Å². The lowest BCUT2D eigenvalue weighted by Crippen LogP contribution is -2.08. The van der Waals surface area contributed by atoms with Gasteiger partial charge in [0.1, 0.15) is 12.9 Å². The van der Waals surface area contributed by atoms with Gasteiger partial charge in [0.2, 0.25) is 0 Å². The summed E-state index contributed by atoms with van der Waals surface area (Å²) >= 11 is 6.20. The number of halogens is 1. The molecule has 0 radical (unpaired) electrons. The van der Waals surface area contributed by atoms with Gasteiger partial charge in [-0.1, -0.05) is 11.6 Å². The average Bonchev–Trinajstić information content (AvgIpc) is 2.92. The van der Waals surface area contributed by atoms with Crippen LogP contribution in [-0.2, 0) is 19.7 Å². The third-order valence-corrected chi connectivity index (χ3v) is 3.15. The van der Waals surface area contributed by atoms with Gasteiger partial charge in [0, 0.05) is 13.1 Å². The topological polar surface area (TPSA) is 75.2 Å². The van der Waals surface area contributed by atoms with E-state index in [2.05, 4.69) is 10.1 Å². The molecule has 1 aromatic heterocycles. The maximum absolute atomic E-state index is 6.20. The SMILES string of the molecule is CCn1ncnc1COc1c(Cl)cc(CN)cc1OC. The number of nitrogens with zero attached hydrogens (tertiary/aromatic N) is 3. The lowest BCUT2D eigenvalue weighted by atomic mass is 10.2. The van der Waals surface area contributed by atoms with Crippen LogP contribution in [0.1, 0.15) is 18.3 Å². The van der Waals surface area contributed by atoms with Crippen molar-refractivity contribution >= 4 is 11.6 Å². The fraction of sp³-hybridized carbons (Fsp3) is 0.385. The predicted molar refractivity (Wildman–Crippen MR) is 75.9 cm³/mol. The molecule has 2 N–H and O–H groups in total. The molecule has 0 aliphatic rings. The van der Waals surface area contributed by atoms with Crippen LogP contribution in [0.2, 0.25) is 5.02 Å². The molecule has 0 fully saturated rings. The number of aryl methyl sites for hydroxylation is 1. The summed E-state index contributed by atoms with van der Waals surface area (Å²) in [6, 6.07) is 3.58. The minimum atomic E-state index is 0.270. The van der Waals surface area contributed by atoms with Crippen LogP contribution in [0.3, 0.4) is 0 Å². The summed E-state index contributed by atoms with van der Waals surface area (Å²) in [4.78, 5) is 4.14. The molecule has 0 aliphatic heterocycles. The molecule has 0 saturated carbocycles. The first-order valence-corrected chi connectivity index (χ1v) is 6.63. The molecule has 1 aromatic carbocycles. The van der Waals surface area contributed by atoms with Crippen LogP contribution in [0.15, 0.2) is 18.5 Å². The van der Waals surface area contributed by atoms with Crippen molar-refractivity contribution in [2.75, 3.05) is 7.11 Å². The second-order valence-corrected chi connectivity index (χ2v) is 4.50. The monoisotopic (exact) mass is 296 g/mol. The molecule has 108 valence electrons. The van der Waals surface area contributed by atoms with E-state index >= 15 is 0 Å². The Morgan fingerprint density at radius 2 is 2.20 bits per heavy atom. The number of hydrogen-bond donors (Lipinski definition) is 1. The van der Waals surface area contributed by atoms with Gasteiger partial charge in [-0.05, 0) is 24.6 Å². The Labute approximate surface area is 122 Å². The van der Waals surface area contributed by atoms with Crippen LogP contribution in [-0.4, -0.2) is 21.9 Å². The molecule has 20 heavy (non-hydrogen) atoms. The Morgan fingerprint density at radius 3 is 2.85 bits per heavy atom. The van der Waals surface area contributed by atoms with Gasteiger partial charge in [0.25, 0.3) is 0 Å². The van der Waals surface area contributed by atoms with Crippen molar-refractivity contribution in [3.8, 4) is 11.5 Å². The number of methoxy groups -OCH3 is 1. The zero-order valence-electron chi connectivity index (χ0n) is 11.5. The van der Waals surface area contributed by atoms with E-state index in [1.807, 2.05) is 13.0 Å². The van der Waals surface area contributed by atoms with E-state index < -0.39 is 0 Å². The molecule has 1 heterocycles. The third kappa shape index (κ3) is 3.02. The molecule has 0 bridgehead atoms. The highest BCUT2D eigenvalue weighted by molar-refractivity contribution is 6.32. The molecule has 0 atom stereocenters. The Balaban J connectivity index is 2.21. The Hall–Kier alpha value is -1.79. The molecule has 2 rings (SSSR count). The van der Waals surface area contributed by atoms with E-state index in [-0.39, 0.29) is 6.61 Å². The quantitative estimate of drug-likeness (QED) is 0.882. The first-order valence-electron chi connectivity index (χ1n) is 6.25. The van der Waals surface area contributed by atoms with Gasteiger partial charge in [-0.15, -0.1) is 0 Å². The Morgan fingerprint density at radius 1 is 1.40 bits per heavy atom. The molecule has 0 saturated heterocycles. The summed E-state index contributed by atoms with van der Waals surface area (Å²) in [5.41, 5.74) is 6.49. The van der Waals surface area contributed by atoms with E-state index in [1.54, 1.807) is 17.9 Å². The highest BCUT2D eigenvalue weighted by Crippen LogP contribution is 2.36. The largest absolute Gasteiger partial charge is 0.493 e. The lowest BCUT2D eigenvalue weighted by Gasteiger charge is -2.13. The van der Waals surface area contributed by atoms with Gasteiger partial charge >= 0.3 is 0 Å². The third-order valence-electron chi connectivity index (χ3n) is 2.87. The molecule has 7 heteroatoms. The summed E-state index contributed by atoms with van der Waals surface area (Å²) in [6.07, 6.45) is 1.50. The number of rotatable bonds is 6. The normalized spacial score (nSPS) is 10.6. The van der Waals surface area contributed by atoms with Crippen molar-refractivity contribution in [1.29, 1.82) is 0 Å². The average molecular weight is 297 g/mol. The molecule has 0 spiro atoms. The summed E-state index contributed by atoms with van der Waals surface area (Å²) < 4.78 is 12.8. The number of ether oxygens (including phenoxy) is 2. The maximum Gasteiger partial charge on any atom is 0.180 e. The zero-order chi connectivity index (χ0) is 14.5. The summed E-state index contributed by atoms with van der Waals surface area (Å²) in [6.45, 7) is 3.38. The highest BCUT2D eigenvalue weighted by atomic mass is 35.5. The van der Waals surface area contributed by atoms with Crippen molar-refractivity contribution in [1.82, 2.24) is 14.8 Å². The van der Waals surface area contributed by atoms with Crippen molar-refractivity contribution < 1.29 is 9.47 Å². The first kappa shape index (κ1) is 14.6. The molecule has 0 unspecified atom stereocenters. The summed E-state index contributed by atoms with van der Waals surface area (Å²) in [5.74, 6) is 1.77. The molecular weight excluding hydrogens is 280 g/mol. The van der Waals surface area contributed by atoms with E-state index in [4.69, 9.17) is 26.8 Å². The van der Waals surface area contributed by atoms with Gasteiger partial charge in [0.15, 0.2) is 17.3 Å². The minimum Gasteiger partial charge on any atom is -0.493 e. The zero-order valence-corrected chi connectivity index (χ0v) is 12.2. The minimum absolute atomic E-state index is 0.270. The van der Waals surface area contributed by atoms with E-state index in [0.29, 0.717) is 23.1 Å². The van der Waals surface area contributed by atoms with Crippen LogP contribution in [0.25, 0.3) is 0 Å². The smallest absolute Gasteiger partial charge is 0.180 e. The Kier molecular flexibility index (Phi) is 4.81. The van der Waals surface area contributed by atoms with Crippen LogP contribution in [0.4, 0.5) is 0 Å². The Bertz CT molecular complexity index is 586. The predicted octanol–water partition coefficient (Wildman–Crippen LogP) is 2.00. The number of hydrogen-bond acceptors (Lipinski definition) is 5. The first-order chi connectivity index (χ1) is 9.69. The second kappa shape index (κ2) is 6.58. The van der Waals surface area contributed by atoms with E-state index in [0.717, 1.165) is 17.9 Å². The number of benzene rings is 1. The molecule has 6 nitrogen and oxygen atoms in total. The van der Waals surface area contributed by atoms with Crippen LogP contribution in [0.5, 0.6) is 11.5 Å². The summed E-state index contributed by atoms with van der Waals surface area (Å²) in [5, 5.41) is 4.55. The molecule has 0 amide bonds. The van der Waals surface area contributed by atoms with Gasteiger partial charge in [0.05, 0.1) is 12.1 Å². The molecular formula is C13H17ClN4O2. The maximum atomic E-state index is 6.20. The molecule has 0 aliphatic carbocycles. The van der Waals surface area contributed by atoms with Crippen molar-refractivity contribution in [2.45, 2.75) is 26.6 Å². The van der Waals surface area contributed by atoms with Crippen LogP contribution in [0, 0.1) is 0 Å². The van der Waals surface area contributed by atoms with E-state index in [9.17, 15) is 0 Å². The summed E-state index contributed by atoms with van der Waals surface area (Å²) in [7, 11) is 1.56. The molecule has 2 aromatic rings. The second-order valence-electron chi connectivity index (χ2n) is 4.09. The number of nitrogens with two attached hydrogens (primary N) is 1. The standard InChI is InChI=1S/C13H17ClN4O2/c1-3-18-12(16-8-17-18)7-20-13-10(14)4-9(6-15)5-11(13)19-2/h4-5,8H,3,6-7,15H2,1-2H3. The number of aromatic nitrogens is 3. The van der Waals surface area contributed by atoms with Gasteiger partial charge in [-0.2, -0.15) is 5.10 Å². The lowest BCUT2D eigenvalue weighted by molar-refractivity contribution is 0.270. The van der Waals surface area contributed by atoms with Crippen molar-refractivity contribution in [3.63, 3.8) is 0 Å². The van der Waals surface area contributed by atoms with Gasteiger partial charge < -0.3 is 15.2 Å². The fourth-order valence-electron chi connectivity index (χ4n) is 1.83. The van der Waals surface area contributed by atoms with Gasteiger partial charge in [-0.3, -0.25) is 0 Å². The fourth-order valence-corrected chi connectivity index (χ4v) is 2.12. The van der Waals surface area contributed by atoms with Crippen molar-refractivity contribution in [2.24, 2.45) is 5.73 Å². The van der Waals surface area contributed by atoms with E-state index in [1.165, 1.54) is 6.33 Å².